The summed E-state index contributed by atoms with van der Waals surface area (Å²) in [6.45, 7) is 5.00. The molecule has 4 aromatic rings. The third kappa shape index (κ3) is 3.48. The van der Waals surface area contributed by atoms with Gasteiger partial charge in [0.1, 0.15) is 5.65 Å². The normalized spacial score (nSPS) is 12.2. The van der Waals surface area contributed by atoms with Crippen molar-refractivity contribution in [2.24, 2.45) is 4.99 Å². The first-order chi connectivity index (χ1) is 13.1. The van der Waals surface area contributed by atoms with Crippen LogP contribution in [0.1, 0.15) is 41.4 Å². The molecule has 1 aromatic carbocycles. The highest BCUT2D eigenvalue weighted by atomic mass is 32.1. The Morgan fingerprint density at radius 3 is 2.81 bits per heavy atom. The Morgan fingerprint density at radius 1 is 1.22 bits per heavy atom. The molecule has 0 spiro atoms. The Morgan fingerprint density at radius 2 is 2.04 bits per heavy atom. The number of nitrogens with zero attached hydrogens (tertiary/aromatic N) is 3. The van der Waals surface area contributed by atoms with Crippen LogP contribution in [0.2, 0.25) is 0 Å². The molecular formula is C21H20N4OS. The lowest BCUT2D eigenvalue weighted by Crippen LogP contribution is -2.20. The number of aromatic nitrogens is 3. The van der Waals surface area contributed by atoms with Crippen LogP contribution in [-0.4, -0.2) is 20.4 Å². The molecular weight excluding hydrogens is 356 g/mol. The van der Waals surface area contributed by atoms with Gasteiger partial charge in [-0.25, -0.2) is 4.98 Å². The standard InChI is InChI=1S/C21H20N4OS/c1-14(2)18-13-27-21(25(18)12-15-7-4-3-5-8-15)24-20(26)17-11-23-19-16(17)9-6-10-22-19/h3-11,13-14H,12H2,1-2H3,(H,22,23). The zero-order valence-electron chi connectivity index (χ0n) is 15.2. The summed E-state index contributed by atoms with van der Waals surface area (Å²) in [5.41, 5.74) is 3.60. The molecule has 0 aliphatic carbocycles. The molecule has 0 aliphatic rings. The third-order valence-corrected chi connectivity index (χ3v) is 5.36. The second-order valence-corrected chi connectivity index (χ2v) is 7.53. The van der Waals surface area contributed by atoms with Crippen molar-refractivity contribution in [2.75, 3.05) is 0 Å². The van der Waals surface area contributed by atoms with E-state index < -0.39 is 0 Å². The first-order valence-corrected chi connectivity index (χ1v) is 9.75. The predicted octanol–water partition coefficient (Wildman–Crippen LogP) is 4.34. The number of nitrogens with one attached hydrogen (secondary N) is 1. The van der Waals surface area contributed by atoms with Crippen molar-refractivity contribution in [3.05, 3.63) is 81.9 Å². The topological polar surface area (TPSA) is 63.0 Å². The number of H-pyrrole nitrogens is 1. The summed E-state index contributed by atoms with van der Waals surface area (Å²) < 4.78 is 2.13. The Hall–Kier alpha value is -2.99. The van der Waals surface area contributed by atoms with Gasteiger partial charge in [-0.3, -0.25) is 4.79 Å². The second-order valence-electron chi connectivity index (χ2n) is 6.69. The summed E-state index contributed by atoms with van der Waals surface area (Å²) in [4.78, 5) is 25.3. The molecule has 0 unspecified atom stereocenters. The van der Waals surface area contributed by atoms with Gasteiger partial charge in [-0.05, 0) is 23.6 Å². The van der Waals surface area contributed by atoms with E-state index in [4.69, 9.17) is 0 Å². The van der Waals surface area contributed by atoms with E-state index in [2.05, 4.69) is 50.9 Å². The van der Waals surface area contributed by atoms with Gasteiger partial charge in [-0.15, -0.1) is 11.3 Å². The van der Waals surface area contributed by atoms with E-state index >= 15 is 0 Å². The van der Waals surface area contributed by atoms with Gasteiger partial charge in [0, 0.05) is 28.9 Å². The SMILES string of the molecule is CC(C)c1csc(=NC(=O)c2c[nH]c3ncccc23)n1Cc1ccccc1. The first-order valence-electron chi connectivity index (χ1n) is 8.87. The first kappa shape index (κ1) is 17.4. The van der Waals surface area contributed by atoms with Crippen LogP contribution in [0.15, 0.2) is 65.2 Å². The minimum absolute atomic E-state index is 0.256. The van der Waals surface area contributed by atoms with Crippen LogP contribution >= 0.6 is 11.3 Å². The second kappa shape index (κ2) is 7.32. The molecule has 3 heterocycles. The van der Waals surface area contributed by atoms with E-state index in [9.17, 15) is 4.79 Å². The molecule has 6 heteroatoms. The van der Waals surface area contributed by atoms with Crippen LogP contribution in [0.4, 0.5) is 0 Å². The number of fused-ring (bicyclic) bond motifs is 1. The molecule has 0 fully saturated rings. The van der Waals surface area contributed by atoms with Gasteiger partial charge in [-0.1, -0.05) is 44.2 Å². The number of benzene rings is 1. The summed E-state index contributed by atoms with van der Waals surface area (Å²) in [7, 11) is 0. The molecule has 0 radical (unpaired) electrons. The monoisotopic (exact) mass is 376 g/mol. The van der Waals surface area contributed by atoms with Crippen molar-refractivity contribution in [3.63, 3.8) is 0 Å². The fraction of sp³-hybridized carbons (Fsp3) is 0.190. The molecule has 0 saturated carbocycles. The lowest BCUT2D eigenvalue weighted by molar-refractivity contribution is 0.0999. The molecule has 3 aromatic heterocycles. The van der Waals surface area contributed by atoms with E-state index in [1.165, 1.54) is 22.6 Å². The van der Waals surface area contributed by atoms with Crippen LogP contribution in [-0.2, 0) is 6.54 Å². The number of pyridine rings is 1. The lowest BCUT2D eigenvalue weighted by Gasteiger charge is -2.11. The Balaban J connectivity index is 1.77. The number of amides is 1. The molecule has 1 N–H and O–H groups in total. The summed E-state index contributed by atoms with van der Waals surface area (Å²) >= 11 is 1.50. The largest absolute Gasteiger partial charge is 0.345 e. The summed E-state index contributed by atoms with van der Waals surface area (Å²) in [5.74, 6) is 0.0921. The third-order valence-electron chi connectivity index (χ3n) is 4.48. The van der Waals surface area contributed by atoms with Crippen molar-refractivity contribution >= 4 is 28.3 Å². The van der Waals surface area contributed by atoms with Crippen LogP contribution < -0.4 is 4.80 Å². The van der Waals surface area contributed by atoms with Crippen LogP contribution in [0.5, 0.6) is 0 Å². The van der Waals surface area contributed by atoms with Gasteiger partial charge in [0.15, 0.2) is 4.80 Å². The lowest BCUT2D eigenvalue weighted by atomic mass is 10.1. The molecule has 0 saturated heterocycles. The number of hydrogen-bond acceptors (Lipinski definition) is 3. The summed E-state index contributed by atoms with van der Waals surface area (Å²) in [6, 6.07) is 13.9. The number of carbonyl (C=O) groups is 1. The highest BCUT2D eigenvalue weighted by molar-refractivity contribution is 7.07. The Labute approximate surface area is 161 Å². The minimum atomic E-state index is -0.256. The highest BCUT2D eigenvalue weighted by Crippen LogP contribution is 2.18. The van der Waals surface area contributed by atoms with E-state index in [0.717, 1.165) is 5.39 Å². The maximum Gasteiger partial charge on any atom is 0.281 e. The molecule has 1 amide bonds. The maximum absolute atomic E-state index is 12.9. The summed E-state index contributed by atoms with van der Waals surface area (Å²) in [6.07, 6.45) is 3.38. The number of carbonyl (C=O) groups excluding carboxylic acids is 1. The average Bonchev–Trinajstić information content (AvgIpc) is 3.27. The maximum atomic E-state index is 12.9. The van der Waals surface area contributed by atoms with Crippen LogP contribution in [0.3, 0.4) is 0 Å². The molecule has 5 nitrogen and oxygen atoms in total. The van der Waals surface area contributed by atoms with Gasteiger partial charge < -0.3 is 9.55 Å². The van der Waals surface area contributed by atoms with Gasteiger partial charge in [0.25, 0.3) is 5.91 Å². The van der Waals surface area contributed by atoms with Crippen molar-refractivity contribution in [1.82, 2.24) is 14.5 Å². The number of thiazole rings is 1. The number of aromatic amines is 1. The van der Waals surface area contributed by atoms with E-state index in [0.29, 0.717) is 28.5 Å². The molecule has 0 atom stereocenters. The Bertz CT molecular complexity index is 1150. The number of hydrogen-bond donors (Lipinski definition) is 1. The number of rotatable bonds is 4. The van der Waals surface area contributed by atoms with Gasteiger partial charge >= 0.3 is 0 Å². The quantitative estimate of drug-likeness (QED) is 0.576. The van der Waals surface area contributed by atoms with Crippen molar-refractivity contribution in [2.45, 2.75) is 26.3 Å². The minimum Gasteiger partial charge on any atom is -0.345 e. The fourth-order valence-corrected chi connectivity index (χ4v) is 4.15. The molecule has 27 heavy (non-hydrogen) atoms. The molecule has 136 valence electrons. The van der Waals surface area contributed by atoms with Gasteiger partial charge in [-0.2, -0.15) is 4.99 Å². The van der Waals surface area contributed by atoms with Crippen molar-refractivity contribution in [3.8, 4) is 0 Å². The predicted molar refractivity (Wildman–Crippen MR) is 108 cm³/mol. The van der Waals surface area contributed by atoms with Gasteiger partial charge in [0.2, 0.25) is 0 Å². The molecule has 0 aliphatic heterocycles. The van der Waals surface area contributed by atoms with Crippen LogP contribution in [0, 0.1) is 0 Å². The zero-order chi connectivity index (χ0) is 18.8. The zero-order valence-corrected chi connectivity index (χ0v) is 16.0. The Kier molecular flexibility index (Phi) is 4.73. The van der Waals surface area contributed by atoms with Crippen LogP contribution in [0.25, 0.3) is 11.0 Å². The summed E-state index contributed by atoms with van der Waals surface area (Å²) in [5, 5.41) is 2.89. The highest BCUT2D eigenvalue weighted by Gasteiger charge is 2.14. The molecule has 0 bridgehead atoms. The van der Waals surface area contributed by atoms with Crippen molar-refractivity contribution < 1.29 is 4.79 Å². The smallest absolute Gasteiger partial charge is 0.281 e. The molecule has 4 rings (SSSR count). The van der Waals surface area contributed by atoms with E-state index in [-0.39, 0.29) is 5.91 Å². The van der Waals surface area contributed by atoms with Gasteiger partial charge in [0.05, 0.1) is 12.1 Å². The van der Waals surface area contributed by atoms with Crippen molar-refractivity contribution in [1.29, 1.82) is 0 Å². The van der Waals surface area contributed by atoms with E-state index in [1.807, 2.05) is 30.3 Å². The average molecular weight is 376 g/mol. The van der Waals surface area contributed by atoms with E-state index in [1.54, 1.807) is 12.4 Å². The fourth-order valence-electron chi connectivity index (χ4n) is 3.09.